The van der Waals surface area contributed by atoms with E-state index in [2.05, 4.69) is 13.8 Å². The van der Waals surface area contributed by atoms with Crippen molar-refractivity contribution in [1.82, 2.24) is 0 Å². The van der Waals surface area contributed by atoms with E-state index in [0.29, 0.717) is 11.5 Å². The molecule has 0 amide bonds. The SMILES string of the molecule is CC(C)CCSc1c(F)cc(CN)cc1F. The molecule has 1 nitrogen and oxygen atoms in total. The third-order valence-corrected chi connectivity index (χ3v) is 3.35. The Morgan fingerprint density at radius 1 is 1.25 bits per heavy atom. The largest absolute Gasteiger partial charge is 0.326 e. The van der Waals surface area contributed by atoms with Crippen LogP contribution in [0.2, 0.25) is 0 Å². The van der Waals surface area contributed by atoms with Crippen LogP contribution in [0.1, 0.15) is 25.8 Å². The number of nitrogens with two attached hydrogens (primary N) is 1. The predicted molar refractivity (Wildman–Crippen MR) is 64.4 cm³/mol. The average Bonchev–Trinajstić information content (AvgIpc) is 2.21. The van der Waals surface area contributed by atoms with E-state index in [1.807, 2.05) is 0 Å². The van der Waals surface area contributed by atoms with Gasteiger partial charge in [0.2, 0.25) is 0 Å². The molecule has 0 radical (unpaired) electrons. The van der Waals surface area contributed by atoms with Crippen LogP contribution in [0.15, 0.2) is 17.0 Å². The first-order valence-electron chi connectivity index (χ1n) is 5.35. The van der Waals surface area contributed by atoms with E-state index in [0.717, 1.165) is 12.2 Å². The van der Waals surface area contributed by atoms with Gasteiger partial charge in [0.05, 0.1) is 4.90 Å². The molecule has 16 heavy (non-hydrogen) atoms. The summed E-state index contributed by atoms with van der Waals surface area (Å²) in [6.07, 6.45) is 0.947. The van der Waals surface area contributed by atoms with Gasteiger partial charge >= 0.3 is 0 Å². The van der Waals surface area contributed by atoms with Crippen LogP contribution in [0.3, 0.4) is 0 Å². The second kappa shape index (κ2) is 6.21. The van der Waals surface area contributed by atoms with Crippen LogP contribution < -0.4 is 5.73 Å². The molecule has 0 atom stereocenters. The van der Waals surface area contributed by atoms with Gasteiger partial charge < -0.3 is 5.73 Å². The lowest BCUT2D eigenvalue weighted by Crippen LogP contribution is -2.00. The Balaban J connectivity index is 2.72. The van der Waals surface area contributed by atoms with Crippen LogP contribution in [0, 0.1) is 17.6 Å². The first kappa shape index (κ1) is 13.5. The molecule has 0 saturated heterocycles. The molecule has 0 unspecified atom stereocenters. The van der Waals surface area contributed by atoms with E-state index in [1.54, 1.807) is 0 Å². The van der Waals surface area contributed by atoms with Crippen molar-refractivity contribution in [1.29, 1.82) is 0 Å². The summed E-state index contributed by atoms with van der Waals surface area (Å²) in [6, 6.07) is 2.61. The van der Waals surface area contributed by atoms with Crippen molar-refractivity contribution in [2.45, 2.75) is 31.7 Å². The number of hydrogen-bond acceptors (Lipinski definition) is 2. The van der Waals surface area contributed by atoms with Gasteiger partial charge in [-0.1, -0.05) is 13.8 Å². The molecule has 0 aromatic heterocycles. The van der Waals surface area contributed by atoms with Crippen molar-refractivity contribution < 1.29 is 8.78 Å². The molecule has 2 N–H and O–H groups in total. The maximum Gasteiger partial charge on any atom is 0.140 e. The van der Waals surface area contributed by atoms with E-state index < -0.39 is 11.6 Å². The van der Waals surface area contributed by atoms with Crippen LogP contribution >= 0.6 is 11.8 Å². The Morgan fingerprint density at radius 2 is 1.81 bits per heavy atom. The second-order valence-corrected chi connectivity index (χ2v) is 5.23. The maximum absolute atomic E-state index is 13.5. The fourth-order valence-corrected chi connectivity index (χ4v) is 2.45. The molecule has 0 aliphatic carbocycles. The first-order chi connectivity index (χ1) is 7.54. The molecule has 1 aromatic carbocycles. The second-order valence-electron chi connectivity index (χ2n) is 4.12. The smallest absolute Gasteiger partial charge is 0.140 e. The Morgan fingerprint density at radius 3 is 2.25 bits per heavy atom. The van der Waals surface area contributed by atoms with Crippen molar-refractivity contribution in [2.24, 2.45) is 11.7 Å². The summed E-state index contributed by atoms with van der Waals surface area (Å²) >= 11 is 1.23. The van der Waals surface area contributed by atoms with Crippen LogP contribution in [0.25, 0.3) is 0 Å². The van der Waals surface area contributed by atoms with Gasteiger partial charge in [0.25, 0.3) is 0 Å². The highest BCUT2D eigenvalue weighted by atomic mass is 32.2. The number of benzene rings is 1. The normalized spacial score (nSPS) is 11.1. The molecule has 0 aliphatic heterocycles. The van der Waals surface area contributed by atoms with Crippen LogP contribution in [-0.2, 0) is 6.54 Å². The first-order valence-corrected chi connectivity index (χ1v) is 6.34. The standard InChI is InChI=1S/C12H17F2NS/c1-8(2)3-4-16-12-10(13)5-9(7-15)6-11(12)14/h5-6,8H,3-4,7,15H2,1-2H3. The fourth-order valence-electron chi connectivity index (χ4n) is 1.26. The number of hydrogen-bond donors (Lipinski definition) is 1. The summed E-state index contributed by atoms with van der Waals surface area (Å²) in [5, 5.41) is 0. The molecule has 0 heterocycles. The van der Waals surface area contributed by atoms with E-state index in [9.17, 15) is 8.78 Å². The Hall–Kier alpha value is -0.610. The summed E-state index contributed by atoms with van der Waals surface area (Å²) in [5.41, 5.74) is 5.83. The molecule has 0 saturated carbocycles. The van der Waals surface area contributed by atoms with Gasteiger partial charge in [-0.25, -0.2) is 8.78 Å². The molecule has 1 rings (SSSR count). The molecule has 0 bridgehead atoms. The van der Waals surface area contributed by atoms with E-state index in [4.69, 9.17) is 5.73 Å². The highest BCUT2D eigenvalue weighted by Crippen LogP contribution is 2.27. The zero-order valence-corrected chi connectivity index (χ0v) is 10.4. The van der Waals surface area contributed by atoms with Crippen molar-refractivity contribution in [3.8, 4) is 0 Å². The zero-order chi connectivity index (χ0) is 12.1. The van der Waals surface area contributed by atoms with Crippen molar-refractivity contribution in [2.75, 3.05) is 5.75 Å². The lowest BCUT2D eigenvalue weighted by Gasteiger charge is -2.08. The van der Waals surface area contributed by atoms with Crippen LogP contribution in [0.4, 0.5) is 8.78 Å². The van der Waals surface area contributed by atoms with Crippen molar-refractivity contribution in [3.05, 3.63) is 29.3 Å². The zero-order valence-electron chi connectivity index (χ0n) is 9.59. The quantitative estimate of drug-likeness (QED) is 0.803. The molecule has 0 aliphatic rings. The minimum Gasteiger partial charge on any atom is -0.326 e. The summed E-state index contributed by atoms with van der Waals surface area (Å²) in [6.45, 7) is 4.33. The van der Waals surface area contributed by atoms with Gasteiger partial charge in [0.15, 0.2) is 0 Å². The molecular weight excluding hydrogens is 228 g/mol. The number of halogens is 2. The molecule has 0 spiro atoms. The van der Waals surface area contributed by atoms with Crippen LogP contribution in [-0.4, -0.2) is 5.75 Å². The highest BCUT2D eigenvalue weighted by Gasteiger charge is 2.11. The molecular formula is C12H17F2NS. The molecule has 90 valence electrons. The Labute approximate surface area is 99.4 Å². The van der Waals surface area contributed by atoms with Gasteiger partial charge in [-0.15, -0.1) is 11.8 Å². The maximum atomic E-state index is 13.5. The number of thioether (sulfide) groups is 1. The topological polar surface area (TPSA) is 26.0 Å². The van der Waals surface area contributed by atoms with Gasteiger partial charge in [-0.3, -0.25) is 0 Å². The lowest BCUT2D eigenvalue weighted by atomic mass is 10.2. The third kappa shape index (κ3) is 3.76. The van der Waals surface area contributed by atoms with E-state index >= 15 is 0 Å². The third-order valence-electron chi connectivity index (χ3n) is 2.24. The summed E-state index contributed by atoms with van der Waals surface area (Å²) in [7, 11) is 0. The Bertz CT molecular complexity index is 330. The predicted octanol–water partition coefficient (Wildman–Crippen LogP) is 3.56. The number of rotatable bonds is 5. The van der Waals surface area contributed by atoms with Gasteiger partial charge in [-0.2, -0.15) is 0 Å². The summed E-state index contributed by atoms with van der Waals surface area (Å²) in [5.74, 6) is 0.262. The van der Waals surface area contributed by atoms with Crippen molar-refractivity contribution >= 4 is 11.8 Å². The van der Waals surface area contributed by atoms with Crippen molar-refractivity contribution in [3.63, 3.8) is 0 Å². The van der Waals surface area contributed by atoms with E-state index in [1.165, 1.54) is 23.9 Å². The fraction of sp³-hybridized carbons (Fsp3) is 0.500. The van der Waals surface area contributed by atoms with Gasteiger partial charge in [0, 0.05) is 6.54 Å². The average molecular weight is 245 g/mol. The summed E-state index contributed by atoms with van der Waals surface area (Å²) < 4.78 is 27.0. The monoisotopic (exact) mass is 245 g/mol. The van der Waals surface area contributed by atoms with Gasteiger partial charge in [-0.05, 0) is 35.8 Å². The highest BCUT2D eigenvalue weighted by molar-refractivity contribution is 7.99. The van der Waals surface area contributed by atoms with Crippen LogP contribution in [0.5, 0.6) is 0 Å². The molecule has 4 heteroatoms. The summed E-state index contributed by atoms with van der Waals surface area (Å²) in [4.78, 5) is 0.109. The minimum absolute atomic E-state index is 0.109. The Kier molecular flexibility index (Phi) is 5.22. The van der Waals surface area contributed by atoms with E-state index in [-0.39, 0.29) is 11.4 Å². The van der Waals surface area contributed by atoms with Gasteiger partial charge in [0.1, 0.15) is 11.6 Å². The molecule has 0 fully saturated rings. The lowest BCUT2D eigenvalue weighted by molar-refractivity contribution is 0.536. The minimum atomic E-state index is -0.505. The molecule has 1 aromatic rings.